The highest BCUT2D eigenvalue weighted by Gasteiger charge is 2.33. The number of nitrogens with one attached hydrogen (secondary N) is 1. The van der Waals surface area contributed by atoms with Gasteiger partial charge < -0.3 is 15.0 Å². The average molecular weight is 358 g/mol. The predicted octanol–water partition coefficient (Wildman–Crippen LogP) is 3.09. The van der Waals surface area contributed by atoms with Crippen LogP contribution in [0, 0.1) is 5.92 Å². The molecule has 1 aliphatic carbocycles. The Balaban J connectivity index is 1.45. The molecular weight excluding hydrogens is 328 g/mol. The van der Waals surface area contributed by atoms with Crippen LogP contribution in [-0.4, -0.2) is 41.9 Å². The number of nitrogens with zero attached hydrogens (tertiary/aromatic N) is 1. The molecule has 2 aliphatic rings. The second-order valence-corrected chi connectivity index (χ2v) is 7.87. The minimum Gasteiger partial charge on any atom is -0.481 e. The molecule has 0 aromatic heterocycles. The lowest BCUT2D eigenvalue weighted by molar-refractivity contribution is -0.139. The summed E-state index contributed by atoms with van der Waals surface area (Å²) in [7, 11) is 0. The Labute approximate surface area is 156 Å². The molecule has 1 atom stereocenters. The predicted molar refractivity (Wildman–Crippen MR) is 101 cm³/mol. The molecule has 1 unspecified atom stereocenters. The lowest BCUT2D eigenvalue weighted by atomic mass is 10.0. The largest absolute Gasteiger partial charge is 0.481 e. The van der Waals surface area contributed by atoms with Crippen LogP contribution in [0.3, 0.4) is 0 Å². The van der Waals surface area contributed by atoms with Crippen molar-refractivity contribution in [3.8, 4) is 5.75 Å². The van der Waals surface area contributed by atoms with Gasteiger partial charge in [-0.1, -0.05) is 26.0 Å². The number of carbonyl (C=O) groups is 2. The van der Waals surface area contributed by atoms with Crippen molar-refractivity contribution < 1.29 is 14.3 Å². The minimum absolute atomic E-state index is 0.0184. The molecule has 2 amide bonds. The Hall–Kier alpha value is -2.04. The van der Waals surface area contributed by atoms with E-state index in [0.717, 1.165) is 31.4 Å². The van der Waals surface area contributed by atoms with Gasteiger partial charge in [-0.2, -0.15) is 0 Å². The van der Waals surface area contributed by atoms with Gasteiger partial charge in [0.25, 0.3) is 5.91 Å². The second kappa shape index (κ2) is 8.11. The zero-order chi connectivity index (χ0) is 18.7. The molecular formula is C21H30N2O3. The van der Waals surface area contributed by atoms with Crippen LogP contribution in [0.4, 0.5) is 0 Å². The molecule has 1 aromatic rings. The summed E-state index contributed by atoms with van der Waals surface area (Å²) in [4.78, 5) is 26.3. The molecule has 3 rings (SSSR count). The Bertz CT molecular complexity index is 629. The van der Waals surface area contributed by atoms with Gasteiger partial charge in [-0.25, -0.2) is 0 Å². The molecule has 1 aliphatic heterocycles. The zero-order valence-electron chi connectivity index (χ0n) is 16.0. The highest BCUT2D eigenvalue weighted by Crippen LogP contribution is 2.29. The van der Waals surface area contributed by atoms with Crippen molar-refractivity contribution in [2.75, 3.05) is 13.1 Å². The SMILES string of the molecule is CC(Oc1ccc(C(C)C)cc1)C(=O)N1CCC(NC(=O)C2CC2)CC1. The molecule has 0 bridgehead atoms. The van der Waals surface area contributed by atoms with E-state index in [-0.39, 0.29) is 23.8 Å². The first-order valence-electron chi connectivity index (χ1n) is 9.80. The first-order chi connectivity index (χ1) is 12.4. The van der Waals surface area contributed by atoms with Crippen LogP contribution in [0.25, 0.3) is 0 Å². The number of carbonyl (C=O) groups excluding carboxylic acids is 2. The van der Waals surface area contributed by atoms with E-state index in [1.165, 1.54) is 5.56 Å². The van der Waals surface area contributed by atoms with Gasteiger partial charge in [-0.3, -0.25) is 9.59 Å². The number of likely N-dealkylation sites (tertiary alicyclic amines) is 1. The van der Waals surface area contributed by atoms with Gasteiger partial charge in [0.1, 0.15) is 5.75 Å². The Morgan fingerprint density at radius 3 is 2.19 bits per heavy atom. The van der Waals surface area contributed by atoms with Crippen LogP contribution >= 0.6 is 0 Å². The molecule has 1 aromatic carbocycles. The fourth-order valence-electron chi connectivity index (χ4n) is 3.35. The third-order valence-corrected chi connectivity index (χ3v) is 5.31. The maximum absolute atomic E-state index is 12.6. The van der Waals surface area contributed by atoms with Crippen LogP contribution in [0.15, 0.2) is 24.3 Å². The summed E-state index contributed by atoms with van der Waals surface area (Å²) in [5.41, 5.74) is 1.26. The fourth-order valence-corrected chi connectivity index (χ4v) is 3.35. The normalized spacial score (nSPS) is 19.3. The van der Waals surface area contributed by atoms with Gasteiger partial charge in [0.15, 0.2) is 6.10 Å². The number of benzene rings is 1. The van der Waals surface area contributed by atoms with E-state index in [0.29, 0.717) is 19.0 Å². The van der Waals surface area contributed by atoms with Crippen molar-refractivity contribution in [3.63, 3.8) is 0 Å². The van der Waals surface area contributed by atoms with Gasteiger partial charge in [0.05, 0.1) is 0 Å². The standard InChI is InChI=1S/C21H30N2O3/c1-14(2)16-6-8-19(9-7-16)26-15(3)21(25)23-12-10-18(11-13-23)22-20(24)17-4-5-17/h6-9,14-15,17-18H,4-5,10-13H2,1-3H3,(H,22,24). The first-order valence-corrected chi connectivity index (χ1v) is 9.80. The summed E-state index contributed by atoms with van der Waals surface area (Å²) in [6, 6.07) is 8.15. The lowest BCUT2D eigenvalue weighted by Crippen LogP contribution is -2.49. The van der Waals surface area contributed by atoms with Gasteiger partial charge in [0.2, 0.25) is 5.91 Å². The van der Waals surface area contributed by atoms with Crippen LogP contribution in [-0.2, 0) is 9.59 Å². The monoisotopic (exact) mass is 358 g/mol. The lowest BCUT2D eigenvalue weighted by Gasteiger charge is -2.34. The minimum atomic E-state index is -0.502. The van der Waals surface area contributed by atoms with Crippen LogP contribution < -0.4 is 10.1 Å². The first kappa shape index (κ1) is 18.7. The molecule has 5 nitrogen and oxygen atoms in total. The molecule has 5 heteroatoms. The third kappa shape index (κ3) is 4.77. The van der Waals surface area contributed by atoms with Gasteiger partial charge in [-0.05, 0) is 56.2 Å². The summed E-state index contributed by atoms with van der Waals surface area (Å²) in [5.74, 6) is 1.65. The van der Waals surface area contributed by atoms with E-state index in [2.05, 4.69) is 19.2 Å². The van der Waals surface area contributed by atoms with E-state index in [1.807, 2.05) is 29.2 Å². The number of hydrogen-bond acceptors (Lipinski definition) is 3. The quantitative estimate of drug-likeness (QED) is 0.850. The van der Waals surface area contributed by atoms with Crippen molar-refractivity contribution in [1.82, 2.24) is 10.2 Å². The van der Waals surface area contributed by atoms with Crippen LogP contribution in [0.5, 0.6) is 5.75 Å². The van der Waals surface area contributed by atoms with Crippen LogP contribution in [0.2, 0.25) is 0 Å². The molecule has 1 N–H and O–H groups in total. The third-order valence-electron chi connectivity index (χ3n) is 5.31. The number of rotatable bonds is 6. The van der Waals surface area contributed by atoms with Crippen molar-refractivity contribution >= 4 is 11.8 Å². The van der Waals surface area contributed by atoms with Crippen molar-refractivity contribution in [2.45, 2.75) is 64.5 Å². The van der Waals surface area contributed by atoms with Gasteiger partial charge in [-0.15, -0.1) is 0 Å². The summed E-state index contributed by atoms with van der Waals surface area (Å²) >= 11 is 0. The highest BCUT2D eigenvalue weighted by molar-refractivity contribution is 5.82. The molecule has 2 fully saturated rings. The van der Waals surface area contributed by atoms with Crippen molar-refractivity contribution in [3.05, 3.63) is 29.8 Å². The number of piperidine rings is 1. The molecule has 26 heavy (non-hydrogen) atoms. The fraction of sp³-hybridized carbons (Fsp3) is 0.619. The number of ether oxygens (including phenoxy) is 1. The average Bonchev–Trinajstić information content (AvgIpc) is 3.47. The zero-order valence-corrected chi connectivity index (χ0v) is 16.0. The molecule has 1 saturated carbocycles. The topological polar surface area (TPSA) is 58.6 Å². The number of amides is 2. The Morgan fingerprint density at radius 2 is 1.65 bits per heavy atom. The summed E-state index contributed by atoms with van der Waals surface area (Å²) < 4.78 is 5.83. The maximum Gasteiger partial charge on any atom is 0.263 e. The van der Waals surface area contributed by atoms with Gasteiger partial charge in [0, 0.05) is 25.0 Å². The van der Waals surface area contributed by atoms with E-state index in [9.17, 15) is 9.59 Å². The molecule has 142 valence electrons. The highest BCUT2D eigenvalue weighted by atomic mass is 16.5. The molecule has 1 heterocycles. The van der Waals surface area contributed by atoms with E-state index < -0.39 is 6.10 Å². The molecule has 0 radical (unpaired) electrons. The van der Waals surface area contributed by atoms with E-state index in [4.69, 9.17) is 4.74 Å². The Morgan fingerprint density at radius 1 is 1.04 bits per heavy atom. The van der Waals surface area contributed by atoms with Crippen molar-refractivity contribution in [2.24, 2.45) is 5.92 Å². The van der Waals surface area contributed by atoms with E-state index >= 15 is 0 Å². The molecule has 0 spiro atoms. The summed E-state index contributed by atoms with van der Waals surface area (Å²) in [5, 5.41) is 3.12. The summed E-state index contributed by atoms with van der Waals surface area (Å²) in [6.45, 7) is 7.46. The van der Waals surface area contributed by atoms with E-state index in [1.54, 1.807) is 6.92 Å². The second-order valence-electron chi connectivity index (χ2n) is 7.87. The van der Waals surface area contributed by atoms with Crippen LogP contribution in [0.1, 0.15) is 57.9 Å². The number of hydrogen-bond donors (Lipinski definition) is 1. The Kier molecular flexibility index (Phi) is 5.84. The van der Waals surface area contributed by atoms with Crippen molar-refractivity contribution in [1.29, 1.82) is 0 Å². The summed E-state index contributed by atoms with van der Waals surface area (Å²) in [6.07, 6.45) is 3.18. The maximum atomic E-state index is 12.6. The van der Waals surface area contributed by atoms with Gasteiger partial charge >= 0.3 is 0 Å². The smallest absolute Gasteiger partial charge is 0.263 e. The molecule has 1 saturated heterocycles.